The Bertz CT molecular complexity index is 1250. The van der Waals surface area contributed by atoms with Crippen LogP contribution in [-0.2, 0) is 33.8 Å². The van der Waals surface area contributed by atoms with E-state index in [0.717, 1.165) is 69.3 Å². The first-order valence-electron chi connectivity index (χ1n) is 18.1. The lowest BCUT2D eigenvalue weighted by molar-refractivity contribution is -0.127. The average molecular weight is 688 g/mol. The molecule has 1 saturated heterocycles. The topological polar surface area (TPSA) is 152 Å². The first-order valence-corrected chi connectivity index (χ1v) is 18.1. The minimum atomic E-state index is -0.303. The van der Waals surface area contributed by atoms with E-state index in [-0.39, 0.29) is 35.2 Å². The molecular formula is C37H65N7O5. The van der Waals surface area contributed by atoms with Gasteiger partial charge in [0.15, 0.2) is 11.5 Å². The number of nitrogens with one attached hydrogen (secondary N) is 1. The number of methoxy groups -OCH3 is 2. The normalized spacial score (nSPS) is 16.8. The van der Waals surface area contributed by atoms with Crippen molar-refractivity contribution in [3.63, 3.8) is 0 Å². The van der Waals surface area contributed by atoms with Crippen LogP contribution in [0.2, 0.25) is 0 Å². The van der Waals surface area contributed by atoms with Crippen LogP contribution < -0.4 is 26.3 Å². The molecule has 2 aromatic rings. The Morgan fingerprint density at radius 3 is 2.39 bits per heavy atom. The highest BCUT2D eigenvalue weighted by atomic mass is 16.5. The van der Waals surface area contributed by atoms with Gasteiger partial charge in [-0.3, -0.25) is 14.4 Å². The highest BCUT2D eigenvalue weighted by Crippen LogP contribution is 2.32. The molecule has 1 aromatic carbocycles. The van der Waals surface area contributed by atoms with Crippen molar-refractivity contribution in [3.8, 4) is 11.5 Å². The summed E-state index contributed by atoms with van der Waals surface area (Å²) in [6.07, 6.45) is 4.96. The maximum absolute atomic E-state index is 13.5. The molecule has 1 aliphatic heterocycles. The Kier molecular flexibility index (Phi) is 16.7. The lowest BCUT2D eigenvalue weighted by atomic mass is 9.80. The van der Waals surface area contributed by atoms with Crippen LogP contribution in [0.25, 0.3) is 0 Å². The van der Waals surface area contributed by atoms with E-state index in [1.165, 1.54) is 5.56 Å². The van der Waals surface area contributed by atoms with Gasteiger partial charge in [-0.25, -0.2) is 0 Å². The van der Waals surface area contributed by atoms with Gasteiger partial charge in [-0.15, -0.1) is 5.10 Å². The molecule has 1 aliphatic rings. The zero-order chi connectivity index (χ0) is 36.0. The molecular weight excluding hydrogens is 622 g/mol. The maximum Gasteiger partial charge on any atom is 0.223 e. The molecule has 4 atom stereocenters. The molecule has 0 aliphatic carbocycles. The van der Waals surface area contributed by atoms with Crippen molar-refractivity contribution in [1.29, 1.82) is 0 Å². The van der Waals surface area contributed by atoms with E-state index in [0.29, 0.717) is 44.6 Å². The van der Waals surface area contributed by atoms with Crippen molar-refractivity contribution in [3.05, 3.63) is 35.7 Å². The number of aromatic nitrogens is 3. The molecule has 1 amide bonds. The molecule has 3 rings (SSSR count). The second-order valence-electron chi connectivity index (χ2n) is 15.2. The lowest BCUT2D eigenvalue weighted by Gasteiger charge is -2.31. The van der Waals surface area contributed by atoms with E-state index in [9.17, 15) is 4.79 Å². The van der Waals surface area contributed by atoms with E-state index in [2.05, 4.69) is 74.2 Å². The zero-order valence-corrected chi connectivity index (χ0v) is 31.5. The quantitative estimate of drug-likeness (QED) is 0.156. The third kappa shape index (κ3) is 13.8. The summed E-state index contributed by atoms with van der Waals surface area (Å²) in [6.45, 7) is 19.3. The van der Waals surface area contributed by atoms with E-state index in [4.69, 9.17) is 30.4 Å². The summed E-state index contributed by atoms with van der Waals surface area (Å²) < 4.78 is 24.0. The first kappa shape index (κ1) is 40.7. The maximum atomic E-state index is 13.5. The predicted molar refractivity (Wildman–Crippen MR) is 193 cm³/mol. The van der Waals surface area contributed by atoms with Crippen LogP contribution in [0.1, 0.15) is 72.1 Å². The van der Waals surface area contributed by atoms with Crippen LogP contribution in [-0.4, -0.2) is 98.2 Å². The largest absolute Gasteiger partial charge is 0.493 e. The van der Waals surface area contributed by atoms with Gasteiger partial charge in [0, 0.05) is 82.5 Å². The van der Waals surface area contributed by atoms with Crippen LogP contribution >= 0.6 is 0 Å². The Balaban J connectivity index is 1.53. The van der Waals surface area contributed by atoms with E-state index >= 15 is 0 Å². The standard InChI is InChI=1S/C37H65N7O5/c1-26(2)29(18-28-10-11-34(47-8)35(19-28)49-15-9-14-46-7)20-32(38)33(39)21-31(27(3)4)36(45)40-24-37(5,6)25-44-23-30(41-42-44)22-43-12-16-48-17-13-43/h10-11,19,23,26-27,29,31-33H,9,12-18,20-22,24-25,38-39H2,1-8H3,(H,40,45)/t29-,31-,32-,33-/m0/s1. The number of carbonyl (C=O) groups is 1. The third-order valence-electron chi connectivity index (χ3n) is 9.62. The Hall–Kier alpha value is -2.77. The molecule has 49 heavy (non-hydrogen) atoms. The Morgan fingerprint density at radius 2 is 1.73 bits per heavy atom. The van der Waals surface area contributed by atoms with Crippen molar-refractivity contribution >= 4 is 5.91 Å². The number of nitrogens with two attached hydrogens (primary N) is 2. The molecule has 5 N–H and O–H groups in total. The fourth-order valence-corrected chi connectivity index (χ4v) is 6.34. The smallest absolute Gasteiger partial charge is 0.223 e. The first-order chi connectivity index (χ1) is 23.3. The van der Waals surface area contributed by atoms with Gasteiger partial charge in [-0.2, -0.15) is 0 Å². The van der Waals surface area contributed by atoms with Crippen molar-refractivity contribution in [2.75, 3.05) is 60.3 Å². The lowest BCUT2D eigenvalue weighted by Crippen LogP contribution is -2.48. The molecule has 1 fully saturated rings. The highest BCUT2D eigenvalue weighted by molar-refractivity contribution is 5.79. The molecule has 12 heteroatoms. The molecule has 0 saturated carbocycles. The highest BCUT2D eigenvalue weighted by Gasteiger charge is 2.30. The van der Waals surface area contributed by atoms with Crippen LogP contribution in [0.15, 0.2) is 24.4 Å². The molecule has 0 unspecified atom stereocenters. The van der Waals surface area contributed by atoms with Gasteiger partial charge in [-0.05, 0) is 54.7 Å². The summed E-state index contributed by atoms with van der Waals surface area (Å²) in [6, 6.07) is 5.59. The van der Waals surface area contributed by atoms with Gasteiger partial charge in [0.1, 0.15) is 0 Å². The zero-order valence-electron chi connectivity index (χ0n) is 31.5. The second-order valence-corrected chi connectivity index (χ2v) is 15.2. The van der Waals surface area contributed by atoms with Crippen molar-refractivity contribution in [1.82, 2.24) is 25.2 Å². The molecule has 1 aromatic heterocycles. The third-order valence-corrected chi connectivity index (χ3v) is 9.62. The summed E-state index contributed by atoms with van der Waals surface area (Å²) >= 11 is 0. The Labute approximate surface area is 294 Å². The predicted octanol–water partition coefficient (Wildman–Crippen LogP) is 3.90. The van der Waals surface area contributed by atoms with Crippen LogP contribution in [0.5, 0.6) is 11.5 Å². The van der Waals surface area contributed by atoms with Crippen molar-refractivity contribution in [2.24, 2.45) is 40.6 Å². The number of morpholine rings is 1. The number of rotatable bonds is 22. The summed E-state index contributed by atoms with van der Waals surface area (Å²) in [4.78, 5) is 15.9. The summed E-state index contributed by atoms with van der Waals surface area (Å²) in [5.41, 5.74) is 15.4. The average Bonchev–Trinajstić information content (AvgIpc) is 3.49. The number of carbonyl (C=O) groups excluding carboxylic acids is 1. The number of ether oxygens (including phenoxy) is 4. The van der Waals surface area contributed by atoms with Gasteiger partial charge in [0.2, 0.25) is 5.91 Å². The van der Waals surface area contributed by atoms with Crippen molar-refractivity contribution in [2.45, 2.75) is 92.4 Å². The number of nitrogens with zero attached hydrogens (tertiary/aromatic N) is 4. The number of hydrogen-bond donors (Lipinski definition) is 3. The van der Waals surface area contributed by atoms with Crippen LogP contribution in [0, 0.1) is 29.1 Å². The molecule has 278 valence electrons. The summed E-state index contributed by atoms with van der Waals surface area (Å²) in [5, 5.41) is 12.0. The number of hydrogen-bond acceptors (Lipinski definition) is 10. The second kappa shape index (κ2) is 20.2. The van der Waals surface area contributed by atoms with Crippen molar-refractivity contribution < 1.29 is 23.7 Å². The SMILES string of the molecule is COCCCOc1cc(C[C@@H](C[C@H](N)[C@@H](N)C[C@H](C(=O)NCC(C)(C)Cn2cc(CN3CCOCC3)nn2)C(C)C)C(C)C)ccc1OC. The van der Waals surface area contributed by atoms with Gasteiger partial charge in [0.25, 0.3) is 0 Å². The number of amides is 1. The van der Waals surface area contributed by atoms with E-state index in [1.807, 2.05) is 16.9 Å². The van der Waals surface area contributed by atoms with E-state index < -0.39 is 0 Å². The van der Waals surface area contributed by atoms with Gasteiger partial charge >= 0.3 is 0 Å². The molecule has 0 radical (unpaired) electrons. The van der Waals surface area contributed by atoms with Gasteiger partial charge in [0.05, 0.1) is 32.6 Å². The van der Waals surface area contributed by atoms with Crippen LogP contribution in [0.3, 0.4) is 0 Å². The fourth-order valence-electron chi connectivity index (χ4n) is 6.34. The number of benzene rings is 1. The van der Waals surface area contributed by atoms with E-state index in [1.54, 1.807) is 14.2 Å². The fraction of sp³-hybridized carbons (Fsp3) is 0.757. The Morgan fingerprint density at radius 1 is 1.02 bits per heavy atom. The molecule has 0 spiro atoms. The van der Waals surface area contributed by atoms with Gasteiger partial charge < -0.3 is 35.7 Å². The molecule has 0 bridgehead atoms. The monoisotopic (exact) mass is 688 g/mol. The van der Waals surface area contributed by atoms with Gasteiger partial charge in [-0.1, -0.05) is 52.8 Å². The summed E-state index contributed by atoms with van der Waals surface area (Å²) in [7, 11) is 3.34. The minimum Gasteiger partial charge on any atom is -0.493 e. The molecule has 2 heterocycles. The minimum absolute atomic E-state index is 0.0222. The van der Waals surface area contributed by atoms with Crippen LogP contribution in [0.4, 0.5) is 0 Å². The molecule has 12 nitrogen and oxygen atoms in total. The summed E-state index contributed by atoms with van der Waals surface area (Å²) in [5.74, 6) is 2.08.